The fourth-order valence-corrected chi connectivity index (χ4v) is 1.28. The van der Waals surface area contributed by atoms with Crippen LogP contribution >= 0.6 is 11.6 Å². The second kappa shape index (κ2) is 4.25. The molecule has 0 heterocycles. The van der Waals surface area contributed by atoms with Gasteiger partial charge < -0.3 is 9.84 Å². The third-order valence-electron chi connectivity index (χ3n) is 1.61. The number of rotatable bonds is 3. The Bertz CT molecular complexity index is 323. The number of aromatic hydroxyl groups is 1. The van der Waals surface area contributed by atoms with E-state index in [1.807, 2.05) is 0 Å². The minimum atomic E-state index is -0.0683. The zero-order valence-electron chi connectivity index (χ0n) is 7.08. The molecule has 0 aliphatic heterocycles. The quantitative estimate of drug-likeness (QED) is 0.760. The Balaban J connectivity index is 3.18. The second-order valence-corrected chi connectivity index (χ2v) is 2.99. The minimum absolute atomic E-state index is 0.0683. The van der Waals surface area contributed by atoms with Gasteiger partial charge in [0, 0.05) is 17.7 Å². The second-order valence-electron chi connectivity index (χ2n) is 2.55. The van der Waals surface area contributed by atoms with Crippen LogP contribution in [0.2, 0.25) is 5.02 Å². The monoisotopic (exact) mass is 200 g/mol. The Morgan fingerprint density at radius 2 is 2.31 bits per heavy atom. The summed E-state index contributed by atoms with van der Waals surface area (Å²) in [7, 11) is 1.50. The van der Waals surface area contributed by atoms with Crippen molar-refractivity contribution in [1.29, 1.82) is 0 Å². The summed E-state index contributed by atoms with van der Waals surface area (Å²) in [5.74, 6) is -0.0683. The minimum Gasteiger partial charge on any atom is -0.507 e. The number of aldehydes is 1. The predicted molar refractivity (Wildman–Crippen MR) is 49.2 cm³/mol. The summed E-state index contributed by atoms with van der Waals surface area (Å²) < 4.78 is 4.83. The molecule has 70 valence electrons. The Labute approximate surface area is 80.9 Å². The van der Waals surface area contributed by atoms with Crippen LogP contribution in [0.3, 0.4) is 0 Å². The van der Waals surface area contributed by atoms with Crippen LogP contribution in [0.1, 0.15) is 15.9 Å². The van der Waals surface area contributed by atoms with Crippen molar-refractivity contribution in [3.8, 4) is 5.75 Å². The van der Waals surface area contributed by atoms with E-state index in [0.717, 1.165) is 0 Å². The number of methoxy groups -OCH3 is 1. The van der Waals surface area contributed by atoms with Gasteiger partial charge in [-0.1, -0.05) is 11.6 Å². The summed E-state index contributed by atoms with van der Waals surface area (Å²) in [6, 6.07) is 2.97. The molecule has 1 N–H and O–H groups in total. The van der Waals surface area contributed by atoms with Gasteiger partial charge in [0.1, 0.15) is 5.75 Å². The van der Waals surface area contributed by atoms with Crippen LogP contribution in [0.25, 0.3) is 0 Å². The molecule has 4 heteroatoms. The number of phenolic OH excluding ortho intramolecular Hbond substituents is 1. The molecule has 13 heavy (non-hydrogen) atoms. The first-order valence-electron chi connectivity index (χ1n) is 3.64. The number of benzene rings is 1. The van der Waals surface area contributed by atoms with Gasteiger partial charge in [-0.15, -0.1) is 0 Å². The zero-order chi connectivity index (χ0) is 9.84. The average molecular weight is 201 g/mol. The topological polar surface area (TPSA) is 46.5 Å². The molecule has 0 spiro atoms. The highest BCUT2D eigenvalue weighted by Crippen LogP contribution is 2.26. The number of halogens is 1. The van der Waals surface area contributed by atoms with E-state index >= 15 is 0 Å². The molecule has 0 aromatic heterocycles. The highest BCUT2D eigenvalue weighted by atomic mass is 35.5. The fourth-order valence-electron chi connectivity index (χ4n) is 1.03. The molecule has 0 aliphatic rings. The van der Waals surface area contributed by atoms with Crippen molar-refractivity contribution in [2.45, 2.75) is 6.61 Å². The molecular weight excluding hydrogens is 192 g/mol. The number of hydrogen-bond acceptors (Lipinski definition) is 3. The maximum atomic E-state index is 10.5. The largest absolute Gasteiger partial charge is 0.507 e. The van der Waals surface area contributed by atoms with Crippen LogP contribution in [0.4, 0.5) is 0 Å². The number of ether oxygens (including phenoxy) is 1. The van der Waals surface area contributed by atoms with Crippen LogP contribution in [0.15, 0.2) is 12.1 Å². The summed E-state index contributed by atoms with van der Waals surface area (Å²) in [5, 5.41) is 9.88. The van der Waals surface area contributed by atoms with E-state index in [1.54, 1.807) is 6.07 Å². The van der Waals surface area contributed by atoms with Gasteiger partial charge in [-0.05, 0) is 12.1 Å². The van der Waals surface area contributed by atoms with Gasteiger partial charge >= 0.3 is 0 Å². The number of phenols is 1. The standard InChI is InChI=1S/C9H9ClO3/c1-13-5-7-3-8(10)2-6(4-11)9(7)12/h2-4,12H,5H2,1H3. The fraction of sp³-hybridized carbons (Fsp3) is 0.222. The van der Waals surface area contributed by atoms with Gasteiger partial charge in [-0.2, -0.15) is 0 Å². The predicted octanol–water partition coefficient (Wildman–Crippen LogP) is 2.00. The highest BCUT2D eigenvalue weighted by Gasteiger charge is 2.08. The van der Waals surface area contributed by atoms with Crippen LogP contribution < -0.4 is 0 Å². The Hall–Kier alpha value is -1.06. The highest BCUT2D eigenvalue weighted by molar-refractivity contribution is 6.31. The van der Waals surface area contributed by atoms with Gasteiger partial charge in [0.15, 0.2) is 6.29 Å². The van der Waals surface area contributed by atoms with E-state index in [-0.39, 0.29) is 17.9 Å². The molecule has 0 atom stereocenters. The average Bonchev–Trinajstić information content (AvgIpc) is 2.11. The number of carbonyl (C=O) groups is 1. The maximum Gasteiger partial charge on any atom is 0.153 e. The molecule has 0 saturated carbocycles. The Morgan fingerprint density at radius 3 is 2.85 bits per heavy atom. The van der Waals surface area contributed by atoms with Crippen molar-refractivity contribution in [3.05, 3.63) is 28.3 Å². The Morgan fingerprint density at radius 1 is 1.62 bits per heavy atom. The van der Waals surface area contributed by atoms with Gasteiger partial charge in [0.2, 0.25) is 0 Å². The molecule has 0 bridgehead atoms. The third-order valence-corrected chi connectivity index (χ3v) is 1.83. The van der Waals surface area contributed by atoms with Crippen molar-refractivity contribution in [1.82, 2.24) is 0 Å². The number of hydrogen-bond donors (Lipinski definition) is 1. The Kier molecular flexibility index (Phi) is 3.28. The SMILES string of the molecule is COCc1cc(Cl)cc(C=O)c1O. The first-order valence-corrected chi connectivity index (χ1v) is 4.02. The molecule has 0 unspecified atom stereocenters. The first kappa shape index (κ1) is 10.0. The lowest BCUT2D eigenvalue weighted by atomic mass is 10.1. The summed E-state index contributed by atoms with van der Waals surface area (Å²) in [4.78, 5) is 10.5. The smallest absolute Gasteiger partial charge is 0.153 e. The summed E-state index contributed by atoms with van der Waals surface area (Å²) in [6.45, 7) is 0.229. The van der Waals surface area contributed by atoms with Gasteiger partial charge in [-0.25, -0.2) is 0 Å². The van der Waals surface area contributed by atoms with Crippen LogP contribution in [0, 0.1) is 0 Å². The van der Waals surface area contributed by atoms with E-state index in [9.17, 15) is 9.90 Å². The normalized spacial score (nSPS) is 10.0. The zero-order valence-corrected chi connectivity index (χ0v) is 7.84. The molecular formula is C9H9ClO3. The van der Waals surface area contributed by atoms with E-state index in [0.29, 0.717) is 16.9 Å². The van der Waals surface area contributed by atoms with E-state index in [4.69, 9.17) is 16.3 Å². The first-order chi connectivity index (χ1) is 6.19. The molecule has 0 fully saturated rings. The number of carbonyl (C=O) groups excluding carboxylic acids is 1. The van der Waals surface area contributed by atoms with E-state index < -0.39 is 0 Å². The van der Waals surface area contributed by atoms with Gasteiger partial charge in [-0.3, -0.25) is 4.79 Å². The lowest BCUT2D eigenvalue weighted by Crippen LogP contribution is -1.92. The van der Waals surface area contributed by atoms with Gasteiger partial charge in [0.05, 0.1) is 12.2 Å². The van der Waals surface area contributed by atoms with Crippen molar-refractivity contribution < 1.29 is 14.6 Å². The maximum absolute atomic E-state index is 10.5. The van der Waals surface area contributed by atoms with Crippen molar-refractivity contribution in [2.24, 2.45) is 0 Å². The molecule has 0 amide bonds. The molecule has 0 saturated heterocycles. The summed E-state index contributed by atoms with van der Waals surface area (Å²) in [6.07, 6.45) is 0.556. The molecule has 3 nitrogen and oxygen atoms in total. The summed E-state index contributed by atoms with van der Waals surface area (Å²) in [5.41, 5.74) is 0.691. The van der Waals surface area contributed by atoms with Crippen molar-refractivity contribution >= 4 is 17.9 Å². The van der Waals surface area contributed by atoms with E-state index in [1.165, 1.54) is 13.2 Å². The van der Waals surface area contributed by atoms with Crippen molar-refractivity contribution in [3.63, 3.8) is 0 Å². The molecule has 1 aromatic rings. The van der Waals surface area contributed by atoms with Crippen molar-refractivity contribution in [2.75, 3.05) is 7.11 Å². The third kappa shape index (κ3) is 2.20. The lowest BCUT2D eigenvalue weighted by molar-refractivity contribution is 0.112. The van der Waals surface area contributed by atoms with E-state index in [2.05, 4.69) is 0 Å². The lowest BCUT2D eigenvalue weighted by Gasteiger charge is -2.05. The van der Waals surface area contributed by atoms with Crippen LogP contribution in [0.5, 0.6) is 5.75 Å². The molecule has 1 aromatic carbocycles. The molecule has 1 rings (SSSR count). The summed E-state index contributed by atoms with van der Waals surface area (Å²) >= 11 is 5.71. The molecule has 0 aliphatic carbocycles. The van der Waals surface area contributed by atoms with Gasteiger partial charge in [0.25, 0.3) is 0 Å². The van der Waals surface area contributed by atoms with Crippen LogP contribution in [-0.2, 0) is 11.3 Å². The molecule has 0 radical (unpaired) electrons. The van der Waals surface area contributed by atoms with Crippen LogP contribution in [-0.4, -0.2) is 18.5 Å².